The first-order chi connectivity index (χ1) is 20.2. The molecule has 0 N–H and O–H groups in total. The molecule has 4 aromatic carbocycles. The molecule has 2 aliphatic heterocycles. The molecular formula is C35H34N2O4S. The molecule has 0 saturated carbocycles. The smallest absolute Gasteiger partial charge is 0.235 e. The average molecular weight is 579 g/mol. The summed E-state index contributed by atoms with van der Waals surface area (Å²) >= 11 is 1.55. The van der Waals surface area contributed by atoms with E-state index in [2.05, 4.69) is 55.7 Å². The van der Waals surface area contributed by atoms with Crippen LogP contribution in [0.4, 0.5) is 11.4 Å². The maximum absolute atomic E-state index is 13.1. The molecule has 6 rings (SSSR count). The Morgan fingerprint density at radius 3 is 1.88 bits per heavy atom. The summed E-state index contributed by atoms with van der Waals surface area (Å²) in [5.41, 5.74) is 1.75. The summed E-state index contributed by atoms with van der Waals surface area (Å²) in [7, 11) is 0. The zero-order valence-corrected chi connectivity index (χ0v) is 25.3. The molecule has 0 aromatic heterocycles. The van der Waals surface area contributed by atoms with Crippen molar-refractivity contribution in [2.45, 2.75) is 63.7 Å². The molecule has 4 aromatic rings. The molecule has 7 heteroatoms. The van der Waals surface area contributed by atoms with Gasteiger partial charge in [-0.1, -0.05) is 82.6 Å². The molecule has 42 heavy (non-hydrogen) atoms. The van der Waals surface area contributed by atoms with E-state index in [1.54, 1.807) is 23.9 Å². The van der Waals surface area contributed by atoms with Gasteiger partial charge in [-0.2, -0.15) is 0 Å². The summed E-state index contributed by atoms with van der Waals surface area (Å²) in [5.74, 6) is 0. The zero-order valence-electron chi connectivity index (χ0n) is 24.5. The quantitative estimate of drug-likeness (QED) is 0.219. The minimum atomic E-state index is -0.703. The third-order valence-electron chi connectivity index (χ3n) is 8.60. The van der Waals surface area contributed by atoms with E-state index >= 15 is 0 Å². The number of rotatable bonds is 9. The summed E-state index contributed by atoms with van der Waals surface area (Å²) in [4.78, 5) is 57.5. The molecule has 0 atom stereocenters. The molecule has 214 valence electrons. The van der Waals surface area contributed by atoms with Crippen molar-refractivity contribution in [2.24, 2.45) is 0 Å². The second kappa shape index (κ2) is 10.7. The minimum Gasteiger partial charge on any atom is -0.344 e. The van der Waals surface area contributed by atoms with Gasteiger partial charge in [-0.25, -0.2) is 0 Å². The number of thioether (sulfide) groups is 1. The zero-order chi connectivity index (χ0) is 29.8. The summed E-state index contributed by atoms with van der Waals surface area (Å²) in [6, 6.07) is 16.2. The predicted molar refractivity (Wildman–Crippen MR) is 174 cm³/mol. The summed E-state index contributed by atoms with van der Waals surface area (Å²) in [6.07, 6.45) is 7.47. The van der Waals surface area contributed by atoms with E-state index in [1.165, 1.54) is 0 Å². The number of anilines is 2. The van der Waals surface area contributed by atoms with Crippen LogP contribution in [-0.4, -0.2) is 13.1 Å². The van der Waals surface area contributed by atoms with Crippen molar-refractivity contribution in [2.75, 3.05) is 22.9 Å². The van der Waals surface area contributed by atoms with Gasteiger partial charge < -0.3 is 9.80 Å². The Labute approximate surface area is 249 Å². The molecule has 0 amide bonds. The number of benzene rings is 2. The van der Waals surface area contributed by atoms with Crippen molar-refractivity contribution in [3.05, 3.63) is 117 Å². The normalized spacial score (nSPS) is 17.6. The van der Waals surface area contributed by atoms with Crippen molar-refractivity contribution in [3.8, 4) is 11.1 Å². The fourth-order valence-corrected chi connectivity index (χ4v) is 7.35. The Bertz CT molecular complexity index is 1910. The largest absolute Gasteiger partial charge is 0.344 e. The Hall–Kier alpha value is -3.97. The van der Waals surface area contributed by atoms with E-state index in [-0.39, 0.29) is 22.3 Å². The number of hydrogen-bond donors (Lipinski definition) is 0. The first-order valence-corrected chi connectivity index (χ1v) is 15.5. The molecule has 0 fully saturated rings. The van der Waals surface area contributed by atoms with Crippen molar-refractivity contribution in [1.82, 2.24) is 0 Å². The van der Waals surface area contributed by atoms with Crippen LogP contribution in [0.25, 0.3) is 23.3 Å². The van der Waals surface area contributed by atoms with Crippen LogP contribution in [-0.2, 0) is 5.41 Å². The lowest BCUT2D eigenvalue weighted by molar-refractivity contribution is 0.629. The molecule has 0 spiro atoms. The summed E-state index contributed by atoms with van der Waals surface area (Å²) in [5, 5.41) is 0.842. The maximum atomic E-state index is 13.1. The maximum Gasteiger partial charge on any atom is 0.235 e. The van der Waals surface area contributed by atoms with E-state index < -0.39 is 27.1 Å². The average Bonchev–Trinajstić information content (AvgIpc) is 3.46. The summed E-state index contributed by atoms with van der Waals surface area (Å²) < 4.78 is 0. The molecule has 0 unspecified atom stereocenters. The number of hydrogen-bond acceptors (Lipinski definition) is 7. The molecule has 0 saturated heterocycles. The molecular weight excluding hydrogens is 544 g/mol. The second-order valence-electron chi connectivity index (χ2n) is 11.6. The van der Waals surface area contributed by atoms with Crippen LogP contribution >= 0.6 is 11.8 Å². The van der Waals surface area contributed by atoms with Crippen molar-refractivity contribution in [1.29, 1.82) is 0 Å². The Balaban J connectivity index is 1.45. The number of allylic oxidation sites excluding steroid dienone is 1. The first kappa shape index (κ1) is 28.2. The minimum absolute atomic E-state index is 0.0735. The van der Waals surface area contributed by atoms with E-state index in [0.29, 0.717) is 0 Å². The molecule has 0 bridgehead atoms. The van der Waals surface area contributed by atoms with E-state index in [9.17, 15) is 19.2 Å². The number of fused-ring (bicyclic) bond motifs is 2. The Morgan fingerprint density at radius 1 is 0.690 bits per heavy atom. The molecule has 0 radical (unpaired) electrons. The van der Waals surface area contributed by atoms with E-state index in [1.807, 2.05) is 30.3 Å². The Kier molecular flexibility index (Phi) is 7.17. The van der Waals surface area contributed by atoms with Gasteiger partial charge in [0.1, 0.15) is 0 Å². The molecule has 2 heterocycles. The van der Waals surface area contributed by atoms with Gasteiger partial charge in [0.25, 0.3) is 0 Å². The SMILES string of the molecule is CCCCN1/C(=C/c2c(-c3c(/C=C4/N(CCCC)c5ccccc5C4(C)C)c(=O)c3=O)c(=O)c2=O)Sc2ccccc21. The van der Waals surface area contributed by atoms with E-state index in [4.69, 9.17) is 0 Å². The van der Waals surface area contributed by atoms with E-state index in [0.717, 1.165) is 71.3 Å². The first-order valence-electron chi connectivity index (χ1n) is 14.7. The van der Waals surface area contributed by atoms with Gasteiger partial charge in [-0.3, -0.25) is 19.2 Å². The standard InChI is InChI=1S/C35H34N2O4S/c1-5-7-17-36-24-14-10-9-13-23(24)35(3,4)27(36)19-21-29(33(40)31(21)38)30-22(32(39)34(30)41)20-28-37(18-8-6-2)25-15-11-12-16-26(25)42-28/h9-16,19-20H,5-8,17-18H2,1-4H3/b27-19+,28-20-. The fourth-order valence-electron chi connectivity index (χ4n) is 6.22. The highest BCUT2D eigenvalue weighted by Crippen LogP contribution is 2.49. The van der Waals surface area contributed by atoms with Gasteiger partial charge in [0.15, 0.2) is 0 Å². The lowest BCUT2D eigenvalue weighted by Gasteiger charge is -2.28. The van der Waals surface area contributed by atoms with Crippen LogP contribution in [0.2, 0.25) is 0 Å². The van der Waals surface area contributed by atoms with Crippen LogP contribution in [0, 0.1) is 0 Å². The van der Waals surface area contributed by atoms with Gasteiger partial charge in [-0.15, -0.1) is 0 Å². The van der Waals surface area contributed by atoms with Crippen LogP contribution < -0.4 is 31.5 Å². The van der Waals surface area contributed by atoms with Crippen LogP contribution in [0.15, 0.2) is 83.3 Å². The Morgan fingerprint density at radius 2 is 1.24 bits per heavy atom. The second-order valence-corrected chi connectivity index (χ2v) is 12.7. The van der Waals surface area contributed by atoms with Gasteiger partial charge in [-0.05, 0) is 48.8 Å². The monoisotopic (exact) mass is 578 g/mol. The van der Waals surface area contributed by atoms with Gasteiger partial charge >= 0.3 is 0 Å². The van der Waals surface area contributed by atoms with Crippen molar-refractivity contribution >= 4 is 35.3 Å². The fraction of sp³-hybridized carbons (Fsp3) is 0.314. The number of para-hydroxylation sites is 2. The van der Waals surface area contributed by atoms with Crippen LogP contribution in [0.3, 0.4) is 0 Å². The van der Waals surface area contributed by atoms with Gasteiger partial charge in [0, 0.05) is 57.0 Å². The summed E-state index contributed by atoms with van der Waals surface area (Å²) in [6.45, 7) is 10.0. The predicted octanol–water partition coefficient (Wildman–Crippen LogP) is 6.20. The number of nitrogens with zero attached hydrogens (tertiary/aromatic N) is 2. The van der Waals surface area contributed by atoms with Crippen LogP contribution in [0.5, 0.6) is 0 Å². The van der Waals surface area contributed by atoms with Crippen molar-refractivity contribution < 1.29 is 0 Å². The molecule has 6 nitrogen and oxygen atoms in total. The molecule has 0 aliphatic carbocycles. The number of unbranched alkanes of at least 4 members (excludes halogenated alkanes) is 2. The third kappa shape index (κ3) is 4.25. The van der Waals surface area contributed by atoms with Gasteiger partial charge in [0.05, 0.1) is 10.7 Å². The van der Waals surface area contributed by atoms with Gasteiger partial charge in [0.2, 0.25) is 21.7 Å². The highest BCUT2D eigenvalue weighted by Gasteiger charge is 2.41. The topological polar surface area (TPSA) is 74.8 Å². The lowest BCUT2D eigenvalue weighted by atomic mass is 9.81. The van der Waals surface area contributed by atoms with Crippen molar-refractivity contribution in [3.63, 3.8) is 0 Å². The third-order valence-corrected chi connectivity index (χ3v) is 9.71. The highest BCUT2D eigenvalue weighted by molar-refractivity contribution is 8.03. The molecule has 2 aliphatic rings. The highest BCUT2D eigenvalue weighted by atomic mass is 32.2. The van der Waals surface area contributed by atoms with Crippen LogP contribution in [0.1, 0.15) is 70.1 Å². The lowest BCUT2D eigenvalue weighted by Crippen LogP contribution is -2.44.